The Kier molecular flexibility index (Phi) is 15.0. The predicted molar refractivity (Wildman–Crippen MR) is 231 cm³/mol. The van der Waals surface area contributed by atoms with Gasteiger partial charge < -0.3 is 55.9 Å². The summed E-state index contributed by atoms with van der Waals surface area (Å²) in [5.41, 5.74) is 10.1. The van der Waals surface area contributed by atoms with E-state index in [1.54, 1.807) is 59.5 Å². The molecule has 4 heterocycles. The molecule has 0 aliphatic heterocycles. The maximum absolute atomic E-state index is 13.3. The lowest BCUT2D eigenvalue weighted by atomic mass is 10.1. The summed E-state index contributed by atoms with van der Waals surface area (Å²) in [7, 11) is 5.01. The van der Waals surface area contributed by atoms with Crippen molar-refractivity contribution in [2.45, 2.75) is 25.7 Å². The Hall–Kier alpha value is -6.46. The minimum absolute atomic E-state index is 0.0386. The van der Waals surface area contributed by atoms with Gasteiger partial charge in [-0.25, -0.2) is 0 Å². The zero-order valence-electron chi connectivity index (χ0n) is 33.0. The van der Waals surface area contributed by atoms with E-state index in [-0.39, 0.29) is 42.0 Å². The van der Waals surface area contributed by atoms with Crippen molar-refractivity contribution in [3.8, 4) is 0 Å². The average Bonchev–Trinajstić information content (AvgIpc) is 3.98. The molecule has 5 amide bonds. The molecule has 19 heteroatoms. The highest BCUT2D eigenvalue weighted by Crippen LogP contribution is 2.21. The number of anilines is 5. The van der Waals surface area contributed by atoms with Crippen LogP contribution < -0.4 is 37.2 Å². The second kappa shape index (κ2) is 20.3. The van der Waals surface area contributed by atoms with E-state index in [2.05, 4.69) is 36.5 Å². The molecular formula is C40H48Cl2N12O5. The van der Waals surface area contributed by atoms with Crippen LogP contribution in [0, 0.1) is 5.41 Å². The number of benzene rings is 1. The fourth-order valence-electron chi connectivity index (χ4n) is 6.29. The molecule has 0 saturated carbocycles. The first-order valence-corrected chi connectivity index (χ1v) is 19.8. The third-order valence-corrected chi connectivity index (χ3v) is 9.60. The Balaban J connectivity index is 1.09. The van der Waals surface area contributed by atoms with Crippen LogP contribution in [0.2, 0.25) is 0 Å². The first-order valence-electron chi connectivity index (χ1n) is 18.7. The third kappa shape index (κ3) is 12.0. The van der Waals surface area contributed by atoms with Gasteiger partial charge in [-0.2, -0.15) is 0 Å². The van der Waals surface area contributed by atoms with Gasteiger partial charge in [0, 0.05) is 95.9 Å². The van der Waals surface area contributed by atoms with Crippen LogP contribution in [0.4, 0.5) is 28.4 Å². The number of hydrogen-bond donors (Lipinski definition) is 8. The molecule has 1 aromatic carbocycles. The molecule has 5 rings (SSSR count). The van der Waals surface area contributed by atoms with Gasteiger partial charge in [-0.05, 0) is 54.8 Å². The van der Waals surface area contributed by atoms with Crippen LogP contribution in [0.5, 0.6) is 0 Å². The van der Waals surface area contributed by atoms with Crippen LogP contribution in [0.15, 0.2) is 73.3 Å². The van der Waals surface area contributed by atoms with Crippen molar-refractivity contribution in [1.29, 1.82) is 5.41 Å². The number of halogens is 2. The largest absolute Gasteiger partial charge is 0.388 e. The summed E-state index contributed by atoms with van der Waals surface area (Å²) in [6.07, 6.45) is 8.19. The molecule has 0 saturated heterocycles. The van der Waals surface area contributed by atoms with Gasteiger partial charge in [-0.15, -0.1) is 23.2 Å². The van der Waals surface area contributed by atoms with Crippen molar-refractivity contribution in [3.63, 3.8) is 0 Å². The van der Waals surface area contributed by atoms with Crippen LogP contribution in [0.25, 0.3) is 0 Å². The molecule has 0 fully saturated rings. The van der Waals surface area contributed by atoms with E-state index in [1.165, 1.54) is 24.4 Å². The summed E-state index contributed by atoms with van der Waals surface area (Å²) in [4.78, 5) is 69.6. The van der Waals surface area contributed by atoms with Gasteiger partial charge in [-0.3, -0.25) is 29.4 Å². The number of amides is 5. The van der Waals surface area contributed by atoms with Crippen molar-refractivity contribution >= 4 is 87.0 Å². The molecule has 0 aliphatic rings. The lowest BCUT2D eigenvalue weighted by Gasteiger charge is -2.23. The number of alkyl halides is 2. The number of H-pyrrole nitrogens is 1. The highest BCUT2D eigenvalue weighted by atomic mass is 35.5. The molecule has 0 atom stereocenters. The van der Waals surface area contributed by atoms with E-state index >= 15 is 0 Å². The molecule has 0 radical (unpaired) electrons. The number of aryl methyl sites for hydroxylation is 4. The van der Waals surface area contributed by atoms with Crippen molar-refractivity contribution < 1.29 is 24.0 Å². The molecule has 9 N–H and O–H groups in total. The van der Waals surface area contributed by atoms with E-state index in [0.29, 0.717) is 71.8 Å². The quantitative estimate of drug-likeness (QED) is 0.0300. The van der Waals surface area contributed by atoms with Crippen molar-refractivity contribution in [1.82, 2.24) is 24.0 Å². The highest BCUT2D eigenvalue weighted by Gasteiger charge is 2.19. The summed E-state index contributed by atoms with van der Waals surface area (Å²) in [5, 5.41) is 21.1. The van der Waals surface area contributed by atoms with Gasteiger partial charge in [0.1, 0.15) is 22.8 Å². The highest BCUT2D eigenvalue weighted by molar-refractivity contribution is 6.18. The Morgan fingerprint density at radius 1 is 0.695 bits per heavy atom. The molecule has 0 bridgehead atoms. The average molecular weight is 848 g/mol. The predicted octanol–water partition coefficient (Wildman–Crippen LogP) is 5.09. The molecule has 312 valence electrons. The molecule has 17 nitrogen and oxygen atoms in total. The summed E-state index contributed by atoms with van der Waals surface area (Å²) >= 11 is 11.9. The maximum atomic E-state index is 13.3. The van der Waals surface area contributed by atoms with Crippen LogP contribution in [0.1, 0.15) is 66.8 Å². The molecule has 0 unspecified atom stereocenters. The number of rotatable bonds is 20. The number of nitrogens with zero attached hydrogens (tertiary/aromatic N) is 4. The Bertz CT molecular complexity index is 2300. The number of aromatic nitrogens is 4. The van der Waals surface area contributed by atoms with E-state index in [0.717, 1.165) is 17.7 Å². The van der Waals surface area contributed by atoms with Crippen molar-refractivity contribution in [2.75, 3.05) is 57.6 Å². The van der Waals surface area contributed by atoms with Gasteiger partial charge >= 0.3 is 0 Å². The summed E-state index contributed by atoms with van der Waals surface area (Å²) < 4.78 is 4.71. The summed E-state index contributed by atoms with van der Waals surface area (Å²) in [6.45, 7) is 1.63. The number of hydrogen-bond acceptors (Lipinski definition) is 7. The zero-order chi connectivity index (χ0) is 42.6. The summed E-state index contributed by atoms with van der Waals surface area (Å²) in [5.74, 6) is -0.995. The number of nitrogens with two attached hydrogens (primary N) is 1. The molecule has 59 heavy (non-hydrogen) atoms. The Morgan fingerprint density at radius 2 is 1.20 bits per heavy atom. The van der Waals surface area contributed by atoms with Crippen LogP contribution in [-0.4, -0.2) is 85.5 Å². The number of carbonyl (C=O) groups is 5. The number of aromatic amines is 1. The summed E-state index contributed by atoms with van der Waals surface area (Å²) in [6, 6.07) is 14.2. The number of amidine groups is 1. The number of carbonyl (C=O) groups excluding carboxylic acids is 5. The number of nitrogens with one attached hydrogen (secondary N) is 7. The lowest BCUT2D eigenvalue weighted by Crippen LogP contribution is -2.28. The first-order chi connectivity index (χ1) is 28.2. The van der Waals surface area contributed by atoms with Gasteiger partial charge in [0.15, 0.2) is 0 Å². The van der Waals surface area contributed by atoms with Gasteiger partial charge in [-0.1, -0.05) is 12.1 Å². The normalized spacial score (nSPS) is 10.9. The van der Waals surface area contributed by atoms with Gasteiger partial charge in [0.25, 0.3) is 23.6 Å². The second-order valence-corrected chi connectivity index (χ2v) is 14.6. The minimum atomic E-state index is -0.501. The minimum Gasteiger partial charge on any atom is -0.388 e. The Labute approximate surface area is 351 Å². The lowest BCUT2D eigenvalue weighted by molar-refractivity contribution is -0.116. The fourth-order valence-corrected chi connectivity index (χ4v) is 6.70. The van der Waals surface area contributed by atoms with Gasteiger partial charge in [0.05, 0.1) is 28.6 Å². The Morgan fingerprint density at radius 3 is 1.75 bits per heavy atom. The second-order valence-electron chi connectivity index (χ2n) is 13.8. The van der Waals surface area contributed by atoms with Crippen LogP contribution in [-0.2, 0) is 32.4 Å². The fraction of sp³-hybridized carbons (Fsp3) is 0.300. The first kappa shape index (κ1) is 43.7. The van der Waals surface area contributed by atoms with Crippen LogP contribution in [0.3, 0.4) is 0 Å². The molecule has 4 aromatic heterocycles. The standard InChI is InChI=1S/C40H48Cl2N12O5/c1-51-23-28(19-32(51)38(57)45-14-11-35(43)44)49-37(56)31-17-26(21-46-31)48-39(58)34-20-29(24-53(34)3)50-40(59)33-18-27(22-52(33)2)47-36(55)6-4-5-25-7-9-30(10-8-25)54(15-12-41)16-13-42/h7-10,17-24,46H,4-6,11-16H2,1-3H3,(H3,43,44)(H,45,57)(H,47,55)(H,48,58)(H,49,56)(H,50,59). The van der Waals surface area contributed by atoms with E-state index in [1.807, 2.05) is 24.3 Å². The SMILES string of the molecule is Cn1cc(NC(=O)c2cc(NC(=O)c3cc(NC(=O)c4cc(NC(=O)CCCc5ccc(N(CCCl)CCCl)cc5)cn4C)cn3C)c[nH]2)cc1C(=O)NCCC(=N)N. The monoisotopic (exact) mass is 846 g/mol. The smallest absolute Gasteiger partial charge is 0.272 e. The third-order valence-electron chi connectivity index (χ3n) is 9.26. The molecule has 5 aromatic rings. The van der Waals surface area contributed by atoms with Crippen molar-refractivity contribution in [3.05, 3.63) is 102 Å². The van der Waals surface area contributed by atoms with Crippen molar-refractivity contribution in [2.24, 2.45) is 26.9 Å². The molecular weight excluding hydrogens is 799 g/mol. The van der Waals surface area contributed by atoms with Gasteiger partial charge in [0.2, 0.25) is 5.91 Å². The van der Waals surface area contributed by atoms with E-state index < -0.39 is 17.7 Å². The molecule has 0 spiro atoms. The van der Waals surface area contributed by atoms with E-state index in [9.17, 15) is 24.0 Å². The van der Waals surface area contributed by atoms with E-state index in [4.69, 9.17) is 34.3 Å². The van der Waals surface area contributed by atoms with Crippen LogP contribution >= 0.6 is 23.2 Å². The maximum Gasteiger partial charge on any atom is 0.272 e. The zero-order valence-corrected chi connectivity index (χ0v) is 34.5. The molecule has 0 aliphatic carbocycles. The topological polar surface area (TPSA) is 229 Å².